The molecule has 0 spiro atoms. The summed E-state index contributed by atoms with van der Waals surface area (Å²) in [4.78, 5) is 10.8. The van der Waals surface area contributed by atoms with E-state index in [0.717, 1.165) is 6.07 Å². The molecule has 0 aliphatic heterocycles. The van der Waals surface area contributed by atoms with E-state index in [4.69, 9.17) is 9.84 Å². The van der Waals surface area contributed by atoms with E-state index in [1.807, 2.05) is 0 Å². The molecule has 0 atom stereocenters. The number of hydrogen-bond donors (Lipinski definition) is 2. The number of halogens is 1. The van der Waals surface area contributed by atoms with E-state index in [-0.39, 0.29) is 12.4 Å². The maximum absolute atomic E-state index is 13.2. The van der Waals surface area contributed by atoms with E-state index in [0.29, 0.717) is 0 Å². The summed E-state index contributed by atoms with van der Waals surface area (Å²) in [6.07, 6.45) is 0. The lowest BCUT2D eigenvalue weighted by molar-refractivity contribution is 0.0273. The molecule has 5 heteroatoms. The van der Waals surface area contributed by atoms with Gasteiger partial charge < -0.3 is 14.9 Å². The monoisotopic (exact) mass is 228 g/mol. The van der Waals surface area contributed by atoms with Crippen molar-refractivity contribution in [3.05, 3.63) is 29.6 Å². The molecular formula is C11H13FO4. The first-order valence-electron chi connectivity index (χ1n) is 4.68. The smallest absolute Gasteiger partial charge is 0.342 e. The van der Waals surface area contributed by atoms with Gasteiger partial charge in [-0.2, -0.15) is 0 Å². The van der Waals surface area contributed by atoms with Crippen molar-refractivity contribution in [3.63, 3.8) is 0 Å². The highest BCUT2D eigenvalue weighted by Crippen LogP contribution is 2.22. The lowest BCUT2D eigenvalue weighted by Gasteiger charge is -2.18. The second kappa shape index (κ2) is 4.49. The minimum Gasteiger partial charge on any atom is -0.490 e. The maximum atomic E-state index is 13.2. The molecule has 0 aliphatic rings. The van der Waals surface area contributed by atoms with Gasteiger partial charge in [0, 0.05) is 0 Å². The molecule has 0 saturated carbocycles. The van der Waals surface area contributed by atoms with Crippen molar-refractivity contribution >= 4 is 5.97 Å². The summed E-state index contributed by atoms with van der Waals surface area (Å²) in [5.74, 6) is -2.35. The zero-order valence-corrected chi connectivity index (χ0v) is 9.03. The summed E-state index contributed by atoms with van der Waals surface area (Å²) in [6, 6.07) is 3.74. The van der Waals surface area contributed by atoms with Crippen LogP contribution in [0.1, 0.15) is 24.2 Å². The van der Waals surface area contributed by atoms with Gasteiger partial charge in [0.05, 0.1) is 5.60 Å². The number of aliphatic hydroxyl groups is 1. The molecule has 2 N–H and O–H groups in total. The van der Waals surface area contributed by atoms with Crippen LogP contribution in [0.2, 0.25) is 0 Å². The van der Waals surface area contributed by atoms with Gasteiger partial charge in [-0.05, 0) is 26.0 Å². The maximum Gasteiger partial charge on any atom is 0.342 e. The van der Waals surface area contributed by atoms with E-state index in [1.54, 1.807) is 0 Å². The van der Waals surface area contributed by atoms with Crippen molar-refractivity contribution in [2.24, 2.45) is 0 Å². The normalized spacial score (nSPS) is 11.2. The highest BCUT2D eigenvalue weighted by atomic mass is 19.1. The molecule has 1 aromatic carbocycles. The Labute approximate surface area is 92.3 Å². The quantitative estimate of drug-likeness (QED) is 0.822. The Kier molecular flexibility index (Phi) is 3.49. The number of aromatic carboxylic acids is 1. The molecule has 0 saturated heterocycles. The molecule has 16 heavy (non-hydrogen) atoms. The summed E-state index contributed by atoms with van der Waals surface area (Å²) in [7, 11) is 0. The summed E-state index contributed by atoms with van der Waals surface area (Å²) < 4.78 is 18.3. The number of hydrogen-bond acceptors (Lipinski definition) is 3. The van der Waals surface area contributed by atoms with Gasteiger partial charge in [0.15, 0.2) is 0 Å². The molecule has 0 heterocycles. The fraction of sp³-hybridized carbons (Fsp3) is 0.364. The molecular weight excluding hydrogens is 215 g/mol. The van der Waals surface area contributed by atoms with Crippen LogP contribution in [0.15, 0.2) is 18.2 Å². The largest absolute Gasteiger partial charge is 0.490 e. The first kappa shape index (κ1) is 12.4. The van der Waals surface area contributed by atoms with Crippen molar-refractivity contribution in [2.75, 3.05) is 6.61 Å². The third-order valence-corrected chi connectivity index (χ3v) is 1.77. The summed E-state index contributed by atoms with van der Waals surface area (Å²) in [6.45, 7) is 2.90. The summed E-state index contributed by atoms with van der Waals surface area (Å²) >= 11 is 0. The first-order chi connectivity index (χ1) is 7.31. The molecule has 0 unspecified atom stereocenters. The van der Waals surface area contributed by atoms with Gasteiger partial charge in [-0.3, -0.25) is 0 Å². The van der Waals surface area contributed by atoms with E-state index < -0.39 is 23.0 Å². The molecule has 0 amide bonds. The Morgan fingerprint density at radius 1 is 1.50 bits per heavy atom. The van der Waals surface area contributed by atoms with Crippen LogP contribution in [0.4, 0.5) is 4.39 Å². The first-order valence-corrected chi connectivity index (χ1v) is 4.68. The average Bonchev–Trinajstić information content (AvgIpc) is 2.12. The Balaban J connectivity index is 2.96. The fourth-order valence-corrected chi connectivity index (χ4v) is 1.09. The van der Waals surface area contributed by atoms with Crippen LogP contribution < -0.4 is 4.74 Å². The number of carboxylic acid groups (broad SMARTS) is 1. The predicted molar refractivity (Wildman–Crippen MR) is 55.2 cm³/mol. The number of carbonyl (C=O) groups is 1. The van der Waals surface area contributed by atoms with Crippen LogP contribution >= 0.6 is 0 Å². The van der Waals surface area contributed by atoms with Crippen molar-refractivity contribution < 1.29 is 24.1 Å². The molecule has 88 valence electrons. The molecule has 1 rings (SSSR count). The van der Waals surface area contributed by atoms with Gasteiger partial charge in [-0.25, -0.2) is 9.18 Å². The van der Waals surface area contributed by atoms with Crippen molar-refractivity contribution in [2.45, 2.75) is 19.4 Å². The van der Waals surface area contributed by atoms with Crippen LogP contribution in [0, 0.1) is 5.82 Å². The molecule has 0 aromatic heterocycles. The SMILES string of the molecule is CC(C)(O)COc1cccc(F)c1C(=O)O. The van der Waals surface area contributed by atoms with Crippen LogP contribution in [0.25, 0.3) is 0 Å². The van der Waals surface area contributed by atoms with Crippen LogP contribution in [-0.4, -0.2) is 28.4 Å². The van der Waals surface area contributed by atoms with E-state index >= 15 is 0 Å². The topological polar surface area (TPSA) is 66.8 Å². The Morgan fingerprint density at radius 3 is 2.62 bits per heavy atom. The van der Waals surface area contributed by atoms with Crippen molar-refractivity contribution in [1.82, 2.24) is 0 Å². The molecule has 4 nitrogen and oxygen atoms in total. The van der Waals surface area contributed by atoms with E-state index in [1.165, 1.54) is 26.0 Å². The van der Waals surface area contributed by atoms with Crippen molar-refractivity contribution in [1.29, 1.82) is 0 Å². The highest BCUT2D eigenvalue weighted by Gasteiger charge is 2.19. The standard InChI is InChI=1S/C11H13FO4/c1-11(2,15)6-16-8-5-3-4-7(12)9(8)10(13)14/h3-5,15H,6H2,1-2H3,(H,13,14). The van der Waals surface area contributed by atoms with Crippen LogP contribution in [0.3, 0.4) is 0 Å². The van der Waals surface area contributed by atoms with Gasteiger partial charge in [0.25, 0.3) is 0 Å². The van der Waals surface area contributed by atoms with Gasteiger partial charge in [-0.1, -0.05) is 6.07 Å². The van der Waals surface area contributed by atoms with E-state index in [9.17, 15) is 14.3 Å². The highest BCUT2D eigenvalue weighted by molar-refractivity contribution is 5.91. The van der Waals surface area contributed by atoms with Gasteiger partial charge in [-0.15, -0.1) is 0 Å². The zero-order chi connectivity index (χ0) is 12.3. The fourth-order valence-electron chi connectivity index (χ4n) is 1.09. The lowest BCUT2D eigenvalue weighted by Crippen LogP contribution is -2.28. The molecule has 1 aromatic rings. The average molecular weight is 228 g/mol. The Bertz CT molecular complexity index is 395. The number of carboxylic acids is 1. The third kappa shape index (κ3) is 3.20. The predicted octanol–water partition coefficient (Wildman–Crippen LogP) is 1.67. The molecule has 0 bridgehead atoms. The third-order valence-electron chi connectivity index (χ3n) is 1.77. The minimum atomic E-state index is -1.40. The molecule has 0 aliphatic carbocycles. The number of benzene rings is 1. The Morgan fingerprint density at radius 2 is 2.12 bits per heavy atom. The minimum absolute atomic E-state index is 0.0883. The van der Waals surface area contributed by atoms with Crippen LogP contribution in [-0.2, 0) is 0 Å². The second-order valence-electron chi connectivity index (χ2n) is 4.02. The van der Waals surface area contributed by atoms with Crippen LogP contribution in [0.5, 0.6) is 5.75 Å². The summed E-state index contributed by atoms with van der Waals surface area (Å²) in [5, 5.41) is 18.2. The number of rotatable bonds is 4. The van der Waals surface area contributed by atoms with Gasteiger partial charge >= 0.3 is 5.97 Å². The molecule has 0 radical (unpaired) electrons. The molecule has 0 fully saturated rings. The van der Waals surface area contributed by atoms with Gasteiger partial charge in [0.1, 0.15) is 23.7 Å². The van der Waals surface area contributed by atoms with Gasteiger partial charge in [0.2, 0.25) is 0 Å². The summed E-state index contributed by atoms with van der Waals surface area (Å²) in [5.41, 5.74) is -1.63. The van der Waals surface area contributed by atoms with E-state index in [2.05, 4.69) is 0 Å². The lowest BCUT2D eigenvalue weighted by atomic mass is 10.1. The number of ether oxygens (including phenoxy) is 1. The Hall–Kier alpha value is -1.62. The van der Waals surface area contributed by atoms with Crippen molar-refractivity contribution in [3.8, 4) is 5.75 Å². The zero-order valence-electron chi connectivity index (χ0n) is 9.03. The second-order valence-corrected chi connectivity index (χ2v) is 4.02.